The number of rotatable bonds is 6. The number of Topliss-reactive ketones (excluding diaryl/α,β-unsaturated/α-hetero) is 1. The van der Waals surface area contributed by atoms with Crippen molar-refractivity contribution in [3.63, 3.8) is 0 Å². The molecule has 0 saturated heterocycles. The van der Waals surface area contributed by atoms with Gasteiger partial charge in [0.15, 0.2) is 5.78 Å². The van der Waals surface area contributed by atoms with Crippen molar-refractivity contribution in [3.05, 3.63) is 29.8 Å². The van der Waals surface area contributed by atoms with Gasteiger partial charge in [0, 0.05) is 24.8 Å². The van der Waals surface area contributed by atoms with Gasteiger partial charge in [0.25, 0.3) is 0 Å². The Morgan fingerprint density at radius 3 is 2.33 bits per heavy atom. The summed E-state index contributed by atoms with van der Waals surface area (Å²) in [4.78, 5) is 35.7. The Balaban J connectivity index is 2.48. The zero-order valence-corrected chi connectivity index (χ0v) is 12.5. The molecule has 0 atom stereocenters. The lowest BCUT2D eigenvalue weighted by Gasteiger charge is -2.17. The van der Waals surface area contributed by atoms with Gasteiger partial charge in [0.2, 0.25) is 0 Å². The Labute approximate surface area is 124 Å². The minimum Gasteiger partial charge on any atom is -0.466 e. The molecule has 0 aromatic heterocycles. The van der Waals surface area contributed by atoms with Gasteiger partial charge < -0.3 is 15.0 Å². The number of ketones is 1. The molecule has 0 saturated carbocycles. The molecule has 0 bridgehead atoms. The quantitative estimate of drug-likeness (QED) is 0.645. The SMILES string of the molecule is CCOC(=O)CCN(C)C(=O)Nc1ccc(C(C)=O)cc1. The highest BCUT2D eigenvalue weighted by atomic mass is 16.5. The summed E-state index contributed by atoms with van der Waals surface area (Å²) >= 11 is 0. The number of carbonyl (C=O) groups excluding carboxylic acids is 3. The number of anilines is 1. The highest BCUT2D eigenvalue weighted by Crippen LogP contribution is 2.10. The largest absolute Gasteiger partial charge is 0.466 e. The van der Waals surface area contributed by atoms with E-state index in [1.807, 2.05) is 0 Å². The van der Waals surface area contributed by atoms with Gasteiger partial charge in [0.1, 0.15) is 0 Å². The van der Waals surface area contributed by atoms with E-state index in [-0.39, 0.29) is 30.7 Å². The molecule has 0 unspecified atom stereocenters. The Morgan fingerprint density at radius 1 is 1.19 bits per heavy atom. The Morgan fingerprint density at radius 2 is 1.81 bits per heavy atom. The first-order chi connectivity index (χ1) is 9.93. The number of benzene rings is 1. The van der Waals surface area contributed by atoms with E-state index in [4.69, 9.17) is 4.74 Å². The molecule has 2 amide bonds. The van der Waals surface area contributed by atoms with Crippen LogP contribution in [0.15, 0.2) is 24.3 Å². The number of nitrogens with one attached hydrogen (secondary N) is 1. The zero-order valence-electron chi connectivity index (χ0n) is 12.5. The molecular weight excluding hydrogens is 272 g/mol. The summed E-state index contributed by atoms with van der Waals surface area (Å²) in [6.07, 6.45) is 0.154. The maximum atomic E-state index is 11.9. The number of nitrogens with zero attached hydrogens (tertiary/aromatic N) is 1. The van der Waals surface area contributed by atoms with Gasteiger partial charge in [-0.3, -0.25) is 9.59 Å². The fourth-order valence-corrected chi connectivity index (χ4v) is 1.60. The third-order valence-electron chi connectivity index (χ3n) is 2.85. The third kappa shape index (κ3) is 5.64. The fourth-order valence-electron chi connectivity index (χ4n) is 1.60. The number of esters is 1. The first-order valence-corrected chi connectivity index (χ1v) is 6.72. The standard InChI is InChI=1S/C15H20N2O4/c1-4-21-14(19)9-10-17(3)15(20)16-13-7-5-12(6-8-13)11(2)18/h5-8H,4,9-10H2,1-3H3,(H,16,20). The second kappa shape index (κ2) is 8.04. The van der Waals surface area contributed by atoms with Crippen molar-refractivity contribution in [2.75, 3.05) is 25.5 Å². The molecule has 0 aliphatic carbocycles. The lowest BCUT2D eigenvalue weighted by atomic mass is 10.1. The molecule has 1 aromatic rings. The highest BCUT2D eigenvalue weighted by molar-refractivity contribution is 5.95. The van der Waals surface area contributed by atoms with E-state index in [0.717, 1.165) is 0 Å². The molecule has 114 valence electrons. The smallest absolute Gasteiger partial charge is 0.321 e. The van der Waals surface area contributed by atoms with Crippen molar-refractivity contribution in [2.45, 2.75) is 20.3 Å². The second-order valence-electron chi connectivity index (χ2n) is 4.54. The summed E-state index contributed by atoms with van der Waals surface area (Å²) in [5.41, 5.74) is 1.18. The van der Waals surface area contributed by atoms with Crippen LogP contribution in [0.5, 0.6) is 0 Å². The van der Waals surface area contributed by atoms with E-state index < -0.39 is 0 Å². The van der Waals surface area contributed by atoms with Crippen LogP contribution in [0.1, 0.15) is 30.6 Å². The van der Waals surface area contributed by atoms with Crippen molar-refractivity contribution in [1.82, 2.24) is 4.90 Å². The molecule has 1 rings (SSSR count). The summed E-state index contributed by atoms with van der Waals surface area (Å²) in [7, 11) is 1.60. The number of carbonyl (C=O) groups is 3. The minimum absolute atomic E-state index is 0.0283. The maximum Gasteiger partial charge on any atom is 0.321 e. The minimum atomic E-state index is -0.331. The van der Waals surface area contributed by atoms with Crippen LogP contribution in [0.3, 0.4) is 0 Å². The van der Waals surface area contributed by atoms with E-state index in [2.05, 4.69) is 5.32 Å². The summed E-state index contributed by atoms with van der Waals surface area (Å²) in [6.45, 7) is 3.82. The van der Waals surface area contributed by atoms with Gasteiger partial charge in [-0.25, -0.2) is 4.79 Å². The van der Waals surface area contributed by atoms with E-state index in [0.29, 0.717) is 17.9 Å². The molecule has 0 fully saturated rings. The van der Waals surface area contributed by atoms with Gasteiger partial charge in [-0.2, -0.15) is 0 Å². The number of urea groups is 1. The molecule has 21 heavy (non-hydrogen) atoms. The van der Waals surface area contributed by atoms with Gasteiger partial charge in [-0.15, -0.1) is 0 Å². The van der Waals surface area contributed by atoms with E-state index in [1.165, 1.54) is 11.8 Å². The molecule has 0 heterocycles. The second-order valence-corrected chi connectivity index (χ2v) is 4.54. The van der Waals surface area contributed by atoms with Crippen LogP contribution in [0.2, 0.25) is 0 Å². The van der Waals surface area contributed by atoms with Crippen LogP contribution in [0.4, 0.5) is 10.5 Å². The van der Waals surface area contributed by atoms with Gasteiger partial charge in [0.05, 0.1) is 13.0 Å². The first-order valence-electron chi connectivity index (χ1n) is 6.72. The van der Waals surface area contributed by atoms with Crippen molar-refractivity contribution in [1.29, 1.82) is 0 Å². The average Bonchev–Trinajstić information content (AvgIpc) is 2.45. The van der Waals surface area contributed by atoms with E-state index in [1.54, 1.807) is 38.2 Å². The highest BCUT2D eigenvalue weighted by Gasteiger charge is 2.11. The van der Waals surface area contributed by atoms with Crippen molar-refractivity contribution in [3.8, 4) is 0 Å². The summed E-state index contributed by atoms with van der Waals surface area (Å²) in [6, 6.07) is 6.30. The van der Waals surface area contributed by atoms with Crippen LogP contribution in [0.25, 0.3) is 0 Å². The predicted molar refractivity (Wildman–Crippen MR) is 79.3 cm³/mol. The average molecular weight is 292 g/mol. The van der Waals surface area contributed by atoms with Crippen LogP contribution in [0, 0.1) is 0 Å². The third-order valence-corrected chi connectivity index (χ3v) is 2.85. The topological polar surface area (TPSA) is 75.7 Å². The molecule has 0 aliphatic heterocycles. The molecule has 1 N–H and O–H groups in total. The monoisotopic (exact) mass is 292 g/mol. The molecule has 1 aromatic carbocycles. The number of hydrogen-bond donors (Lipinski definition) is 1. The van der Waals surface area contributed by atoms with E-state index in [9.17, 15) is 14.4 Å². The van der Waals surface area contributed by atoms with Crippen LogP contribution in [-0.2, 0) is 9.53 Å². The van der Waals surface area contributed by atoms with Crippen LogP contribution < -0.4 is 5.32 Å². The van der Waals surface area contributed by atoms with Crippen LogP contribution in [-0.4, -0.2) is 42.9 Å². The number of hydrogen-bond acceptors (Lipinski definition) is 4. The van der Waals surface area contributed by atoms with Gasteiger partial charge in [-0.1, -0.05) is 0 Å². The number of ether oxygens (including phenoxy) is 1. The molecule has 6 nitrogen and oxygen atoms in total. The zero-order chi connectivity index (χ0) is 15.8. The molecule has 0 radical (unpaired) electrons. The van der Waals surface area contributed by atoms with Crippen molar-refractivity contribution in [2.24, 2.45) is 0 Å². The Hall–Kier alpha value is -2.37. The maximum absolute atomic E-state index is 11.9. The van der Waals surface area contributed by atoms with Gasteiger partial charge >= 0.3 is 12.0 Å². The van der Waals surface area contributed by atoms with Crippen molar-refractivity contribution >= 4 is 23.5 Å². The van der Waals surface area contributed by atoms with E-state index >= 15 is 0 Å². The van der Waals surface area contributed by atoms with Crippen LogP contribution >= 0.6 is 0 Å². The molecular formula is C15H20N2O4. The molecule has 0 spiro atoms. The Kier molecular flexibility index (Phi) is 6.39. The molecule has 6 heteroatoms. The fraction of sp³-hybridized carbons (Fsp3) is 0.400. The summed E-state index contributed by atoms with van der Waals surface area (Å²) in [5.74, 6) is -0.359. The Bertz CT molecular complexity index is 511. The normalized spacial score (nSPS) is 9.86. The predicted octanol–water partition coefficient (Wildman–Crippen LogP) is 2.31. The van der Waals surface area contributed by atoms with Crippen molar-refractivity contribution < 1.29 is 19.1 Å². The van der Waals surface area contributed by atoms with Gasteiger partial charge in [-0.05, 0) is 38.1 Å². The molecule has 0 aliphatic rings. The first kappa shape index (κ1) is 16.7. The lowest BCUT2D eigenvalue weighted by Crippen LogP contribution is -2.33. The summed E-state index contributed by atoms with van der Waals surface area (Å²) < 4.78 is 4.80. The lowest BCUT2D eigenvalue weighted by molar-refractivity contribution is -0.143. The summed E-state index contributed by atoms with van der Waals surface area (Å²) in [5, 5.41) is 2.69. The number of amides is 2.